The molecule has 1 fully saturated rings. The van der Waals surface area contributed by atoms with Crippen LogP contribution in [-0.4, -0.2) is 49.7 Å². The summed E-state index contributed by atoms with van der Waals surface area (Å²) in [4.78, 5) is 33.5. The van der Waals surface area contributed by atoms with Gasteiger partial charge in [0.1, 0.15) is 5.41 Å². The predicted molar refractivity (Wildman–Crippen MR) is 57.2 cm³/mol. The van der Waals surface area contributed by atoms with Gasteiger partial charge in [-0.3, -0.25) is 14.4 Å². The molecule has 0 bridgehead atoms. The van der Waals surface area contributed by atoms with Crippen LogP contribution < -0.4 is 10.6 Å². The highest BCUT2D eigenvalue weighted by atomic mass is 16.5. The molecule has 7 heteroatoms. The van der Waals surface area contributed by atoms with E-state index in [1.807, 2.05) is 0 Å². The lowest BCUT2D eigenvalue weighted by molar-refractivity contribution is -0.149. The summed E-state index contributed by atoms with van der Waals surface area (Å²) in [5.41, 5.74) is -1.30. The number of carboxylic acid groups (broad SMARTS) is 1. The summed E-state index contributed by atoms with van der Waals surface area (Å²) in [5.74, 6) is -2.08. The van der Waals surface area contributed by atoms with E-state index in [0.717, 1.165) is 0 Å². The number of methoxy groups -OCH3 is 1. The quantitative estimate of drug-likeness (QED) is 0.382. The zero-order valence-corrected chi connectivity index (χ0v) is 9.62. The number of nitrogens with one attached hydrogen (secondary N) is 2. The van der Waals surface area contributed by atoms with Gasteiger partial charge >= 0.3 is 5.97 Å². The van der Waals surface area contributed by atoms with E-state index in [-0.39, 0.29) is 12.5 Å². The van der Waals surface area contributed by atoms with Gasteiger partial charge in [-0.15, -0.1) is 0 Å². The van der Waals surface area contributed by atoms with Gasteiger partial charge in [-0.05, 0) is 12.8 Å². The highest BCUT2D eigenvalue weighted by Gasteiger charge is 2.57. The van der Waals surface area contributed by atoms with Crippen molar-refractivity contribution in [3.63, 3.8) is 0 Å². The molecule has 0 radical (unpaired) electrons. The van der Waals surface area contributed by atoms with Crippen LogP contribution in [-0.2, 0) is 19.1 Å². The van der Waals surface area contributed by atoms with Crippen molar-refractivity contribution in [1.82, 2.24) is 10.6 Å². The SMILES string of the molecule is COCCNC(=O)CNC(=O)C1(C(=O)O)CC1. The first-order chi connectivity index (χ1) is 8.03. The summed E-state index contributed by atoms with van der Waals surface area (Å²) < 4.78 is 4.73. The second-order valence-corrected chi connectivity index (χ2v) is 3.91. The molecule has 0 aromatic heterocycles. The molecule has 1 saturated carbocycles. The molecule has 3 N–H and O–H groups in total. The summed E-state index contributed by atoms with van der Waals surface area (Å²) in [6.07, 6.45) is 0.666. The van der Waals surface area contributed by atoms with Crippen LogP contribution in [0.3, 0.4) is 0 Å². The van der Waals surface area contributed by atoms with Crippen molar-refractivity contribution in [3.8, 4) is 0 Å². The minimum Gasteiger partial charge on any atom is -0.480 e. The Morgan fingerprint density at radius 3 is 2.41 bits per heavy atom. The van der Waals surface area contributed by atoms with Gasteiger partial charge in [0, 0.05) is 13.7 Å². The zero-order valence-electron chi connectivity index (χ0n) is 9.62. The third-order valence-corrected chi connectivity index (χ3v) is 2.63. The lowest BCUT2D eigenvalue weighted by Crippen LogP contribution is -2.43. The van der Waals surface area contributed by atoms with Gasteiger partial charge in [0.2, 0.25) is 11.8 Å². The van der Waals surface area contributed by atoms with Crippen molar-refractivity contribution >= 4 is 17.8 Å². The first-order valence-electron chi connectivity index (χ1n) is 5.30. The minimum atomic E-state index is -1.30. The van der Waals surface area contributed by atoms with Crippen LogP contribution in [0.2, 0.25) is 0 Å². The fraction of sp³-hybridized carbons (Fsp3) is 0.700. The standard InChI is InChI=1S/C10H16N2O5/c1-17-5-4-11-7(13)6-12-8(14)10(2-3-10)9(15)16/h2-6H2,1H3,(H,11,13)(H,12,14)(H,15,16). The molecule has 0 heterocycles. The van der Waals surface area contributed by atoms with E-state index in [1.54, 1.807) is 0 Å². The highest BCUT2D eigenvalue weighted by Crippen LogP contribution is 2.45. The smallest absolute Gasteiger partial charge is 0.319 e. The molecule has 0 saturated heterocycles. The van der Waals surface area contributed by atoms with E-state index in [2.05, 4.69) is 10.6 Å². The molecule has 1 rings (SSSR count). The zero-order chi connectivity index (χ0) is 12.9. The van der Waals surface area contributed by atoms with Gasteiger partial charge in [0.05, 0.1) is 13.2 Å². The molecular weight excluding hydrogens is 228 g/mol. The number of hydrogen-bond donors (Lipinski definition) is 3. The molecular formula is C10H16N2O5. The minimum absolute atomic E-state index is 0.211. The average molecular weight is 244 g/mol. The molecule has 0 aliphatic heterocycles. The molecule has 1 aliphatic rings. The number of carboxylic acids is 1. The second-order valence-electron chi connectivity index (χ2n) is 3.91. The molecule has 1 aliphatic carbocycles. The van der Waals surface area contributed by atoms with Crippen LogP contribution in [0.5, 0.6) is 0 Å². The Morgan fingerprint density at radius 2 is 1.94 bits per heavy atom. The fourth-order valence-electron chi connectivity index (χ4n) is 1.35. The Labute approximate surface area is 98.5 Å². The summed E-state index contributed by atoms with van der Waals surface area (Å²) in [5, 5.41) is 13.7. The van der Waals surface area contributed by atoms with E-state index in [4.69, 9.17) is 9.84 Å². The number of carbonyl (C=O) groups excluding carboxylic acids is 2. The Hall–Kier alpha value is -1.63. The van der Waals surface area contributed by atoms with Crippen molar-refractivity contribution in [2.75, 3.05) is 26.8 Å². The summed E-state index contributed by atoms with van der Waals surface area (Å²) in [6.45, 7) is 0.533. The van der Waals surface area contributed by atoms with E-state index in [0.29, 0.717) is 26.0 Å². The predicted octanol–water partition coefficient (Wildman–Crippen LogP) is -1.27. The lowest BCUT2D eigenvalue weighted by Gasteiger charge is -2.10. The van der Waals surface area contributed by atoms with Gasteiger partial charge in [-0.1, -0.05) is 0 Å². The monoisotopic (exact) mass is 244 g/mol. The Kier molecular flexibility index (Phi) is 4.45. The molecule has 0 atom stereocenters. The van der Waals surface area contributed by atoms with Crippen LogP contribution in [0.1, 0.15) is 12.8 Å². The lowest BCUT2D eigenvalue weighted by atomic mass is 10.1. The number of ether oxygens (including phenoxy) is 1. The third-order valence-electron chi connectivity index (χ3n) is 2.63. The molecule has 0 spiro atoms. The van der Waals surface area contributed by atoms with E-state index in [1.165, 1.54) is 7.11 Å². The van der Waals surface area contributed by atoms with Crippen LogP contribution in [0.15, 0.2) is 0 Å². The van der Waals surface area contributed by atoms with E-state index < -0.39 is 17.3 Å². The Balaban J connectivity index is 2.24. The normalized spacial score (nSPS) is 16.1. The van der Waals surface area contributed by atoms with E-state index in [9.17, 15) is 14.4 Å². The van der Waals surface area contributed by atoms with Gasteiger partial charge < -0.3 is 20.5 Å². The largest absolute Gasteiger partial charge is 0.480 e. The summed E-state index contributed by atoms with van der Waals surface area (Å²) >= 11 is 0. The van der Waals surface area contributed by atoms with E-state index >= 15 is 0 Å². The molecule has 0 aromatic rings. The van der Waals surface area contributed by atoms with Crippen molar-refractivity contribution < 1.29 is 24.2 Å². The molecule has 17 heavy (non-hydrogen) atoms. The number of carbonyl (C=O) groups is 3. The number of rotatable bonds is 7. The van der Waals surface area contributed by atoms with Crippen LogP contribution >= 0.6 is 0 Å². The molecule has 96 valence electrons. The first kappa shape index (κ1) is 13.4. The van der Waals surface area contributed by atoms with Crippen molar-refractivity contribution in [3.05, 3.63) is 0 Å². The molecule has 0 aromatic carbocycles. The second kappa shape index (κ2) is 5.62. The van der Waals surface area contributed by atoms with Crippen LogP contribution in [0.25, 0.3) is 0 Å². The summed E-state index contributed by atoms with van der Waals surface area (Å²) in [7, 11) is 1.51. The third kappa shape index (κ3) is 3.42. The van der Waals surface area contributed by atoms with Crippen molar-refractivity contribution in [1.29, 1.82) is 0 Å². The number of hydrogen-bond acceptors (Lipinski definition) is 4. The van der Waals surface area contributed by atoms with Crippen molar-refractivity contribution in [2.24, 2.45) is 5.41 Å². The topological polar surface area (TPSA) is 105 Å². The molecule has 7 nitrogen and oxygen atoms in total. The van der Waals surface area contributed by atoms with Gasteiger partial charge in [-0.25, -0.2) is 0 Å². The summed E-state index contributed by atoms with van der Waals surface area (Å²) in [6, 6.07) is 0. The fourth-order valence-corrected chi connectivity index (χ4v) is 1.35. The number of amides is 2. The maximum Gasteiger partial charge on any atom is 0.319 e. The molecule has 2 amide bonds. The number of aliphatic carboxylic acids is 1. The maximum absolute atomic E-state index is 11.5. The maximum atomic E-state index is 11.5. The Bertz CT molecular complexity index is 325. The van der Waals surface area contributed by atoms with Crippen molar-refractivity contribution in [2.45, 2.75) is 12.8 Å². The van der Waals surface area contributed by atoms with Gasteiger partial charge in [0.25, 0.3) is 0 Å². The van der Waals surface area contributed by atoms with Gasteiger partial charge in [0.15, 0.2) is 0 Å². The van der Waals surface area contributed by atoms with Crippen LogP contribution in [0, 0.1) is 5.41 Å². The average Bonchev–Trinajstić information content (AvgIpc) is 3.07. The Morgan fingerprint density at radius 1 is 1.29 bits per heavy atom. The van der Waals surface area contributed by atoms with Crippen LogP contribution in [0.4, 0.5) is 0 Å². The highest BCUT2D eigenvalue weighted by molar-refractivity contribution is 6.05. The first-order valence-corrected chi connectivity index (χ1v) is 5.30. The van der Waals surface area contributed by atoms with Gasteiger partial charge in [-0.2, -0.15) is 0 Å². The molecule has 0 unspecified atom stereocenters.